The fourth-order valence-corrected chi connectivity index (χ4v) is 2.38. The number of hydroxylamine groups is 1. The molecular formula is C15H13N3O2. The van der Waals surface area contributed by atoms with Gasteiger partial charge in [-0.15, -0.1) is 0 Å². The van der Waals surface area contributed by atoms with E-state index in [2.05, 4.69) is 12.1 Å². The van der Waals surface area contributed by atoms with Crippen molar-refractivity contribution in [3.05, 3.63) is 34.9 Å². The summed E-state index contributed by atoms with van der Waals surface area (Å²) in [6.45, 7) is 1.71. The van der Waals surface area contributed by atoms with Gasteiger partial charge in [0, 0.05) is 18.6 Å². The summed E-state index contributed by atoms with van der Waals surface area (Å²) in [6, 6.07) is 9.65. The van der Waals surface area contributed by atoms with Gasteiger partial charge in [-0.3, -0.25) is 4.84 Å². The van der Waals surface area contributed by atoms with Crippen LogP contribution in [0.4, 0.5) is 5.69 Å². The van der Waals surface area contributed by atoms with Gasteiger partial charge in [0.15, 0.2) is 0 Å². The third-order valence-corrected chi connectivity index (χ3v) is 3.38. The predicted octanol–water partition coefficient (Wildman–Crippen LogP) is 2.01. The van der Waals surface area contributed by atoms with Gasteiger partial charge < -0.3 is 4.74 Å². The van der Waals surface area contributed by atoms with E-state index in [1.807, 2.05) is 6.07 Å². The van der Waals surface area contributed by atoms with Crippen LogP contribution in [0.3, 0.4) is 0 Å². The summed E-state index contributed by atoms with van der Waals surface area (Å²) in [5.41, 5.74) is 2.91. The van der Waals surface area contributed by atoms with E-state index in [0.717, 1.165) is 17.7 Å². The van der Waals surface area contributed by atoms with Crippen LogP contribution >= 0.6 is 0 Å². The fraction of sp³-hybridized carbons (Fsp3) is 0.333. The van der Waals surface area contributed by atoms with E-state index in [1.54, 1.807) is 23.3 Å². The minimum Gasteiger partial charge on any atom is -0.379 e. The van der Waals surface area contributed by atoms with Crippen molar-refractivity contribution in [3.63, 3.8) is 0 Å². The fourth-order valence-electron chi connectivity index (χ4n) is 2.38. The molecule has 0 bridgehead atoms. The van der Waals surface area contributed by atoms with Gasteiger partial charge in [-0.25, -0.2) is 5.06 Å². The van der Waals surface area contributed by atoms with Crippen molar-refractivity contribution in [2.45, 2.75) is 12.5 Å². The van der Waals surface area contributed by atoms with Gasteiger partial charge in [0.1, 0.15) is 6.10 Å². The second-order valence-corrected chi connectivity index (χ2v) is 4.79. The third kappa shape index (κ3) is 2.37. The predicted molar refractivity (Wildman–Crippen MR) is 72.4 cm³/mol. The van der Waals surface area contributed by atoms with Gasteiger partial charge in [0.05, 0.1) is 42.1 Å². The van der Waals surface area contributed by atoms with E-state index >= 15 is 0 Å². The highest BCUT2D eigenvalue weighted by Crippen LogP contribution is 2.30. The number of anilines is 1. The molecule has 1 unspecified atom stereocenters. The molecule has 0 radical (unpaired) electrons. The Labute approximate surface area is 117 Å². The molecule has 2 heterocycles. The summed E-state index contributed by atoms with van der Waals surface area (Å²) in [6.07, 6.45) is 2.69. The van der Waals surface area contributed by atoms with E-state index in [0.29, 0.717) is 30.9 Å². The molecule has 1 fully saturated rings. The van der Waals surface area contributed by atoms with Gasteiger partial charge in [-0.05, 0) is 24.3 Å². The lowest BCUT2D eigenvalue weighted by Crippen LogP contribution is -2.33. The smallest absolute Gasteiger partial charge is 0.111 e. The zero-order valence-electron chi connectivity index (χ0n) is 10.9. The van der Waals surface area contributed by atoms with Gasteiger partial charge in [-0.2, -0.15) is 10.5 Å². The molecule has 2 aliphatic rings. The monoisotopic (exact) mass is 267 g/mol. The number of ether oxygens (including phenoxy) is 1. The molecule has 0 aromatic heterocycles. The zero-order chi connectivity index (χ0) is 13.9. The largest absolute Gasteiger partial charge is 0.379 e. The van der Waals surface area contributed by atoms with Crippen molar-refractivity contribution >= 4 is 11.8 Å². The van der Waals surface area contributed by atoms with Crippen molar-refractivity contribution in [1.82, 2.24) is 0 Å². The average molecular weight is 267 g/mol. The minimum absolute atomic E-state index is 0.0246. The van der Waals surface area contributed by atoms with Crippen LogP contribution in [0, 0.1) is 22.7 Å². The van der Waals surface area contributed by atoms with Crippen LogP contribution in [0.2, 0.25) is 0 Å². The maximum atomic E-state index is 9.13. The molecule has 1 atom stereocenters. The average Bonchev–Trinajstić information content (AvgIpc) is 2.99. The normalized spacial score (nSPS) is 20.8. The van der Waals surface area contributed by atoms with Crippen LogP contribution in [0.15, 0.2) is 23.8 Å². The molecule has 0 aliphatic carbocycles. The molecule has 0 saturated carbocycles. The van der Waals surface area contributed by atoms with Crippen LogP contribution in [0.1, 0.15) is 17.5 Å². The molecule has 0 N–H and O–H groups in total. The van der Waals surface area contributed by atoms with Crippen molar-refractivity contribution in [1.29, 1.82) is 10.5 Å². The molecule has 1 saturated heterocycles. The summed E-state index contributed by atoms with van der Waals surface area (Å²) in [7, 11) is 0. The zero-order valence-corrected chi connectivity index (χ0v) is 10.9. The van der Waals surface area contributed by atoms with Crippen LogP contribution in [-0.4, -0.2) is 25.9 Å². The summed E-state index contributed by atoms with van der Waals surface area (Å²) < 4.78 is 5.30. The summed E-state index contributed by atoms with van der Waals surface area (Å²) in [5.74, 6) is 0. The standard InChI is InChI=1S/C15H13N3O2/c16-7-11-1-2-15-13(5-11)6-12(8-17)9-18(15)20-14-3-4-19-10-14/h1-2,5-6,14H,3-4,9-10H2. The number of hydrogen-bond acceptors (Lipinski definition) is 5. The van der Waals surface area contributed by atoms with Crippen LogP contribution in [0.5, 0.6) is 0 Å². The lowest BCUT2D eigenvalue weighted by molar-refractivity contribution is 0.0275. The van der Waals surface area contributed by atoms with E-state index in [-0.39, 0.29) is 6.10 Å². The van der Waals surface area contributed by atoms with E-state index in [1.165, 1.54) is 0 Å². The highest BCUT2D eigenvalue weighted by molar-refractivity contribution is 5.75. The molecular weight excluding hydrogens is 254 g/mol. The maximum absolute atomic E-state index is 9.13. The topological polar surface area (TPSA) is 69.3 Å². The Morgan fingerprint density at radius 3 is 2.90 bits per heavy atom. The third-order valence-electron chi connectivity index (χ3n) is 3.38. The second kappa shape index (κ2) is 5.34. The second-order valence-electron chi connectivity index (χ2n) is 4.79. The van der Waals surface area contributed by atoms with Crippen molar-refractivity contribution in [2.24, 2.45) is 0 Å². The van der Waals surface area contributed by atoms with Crippen molar-refractivity contribution in [3.8, 4) is 12.1 Å². The van der Waals surface area contributed by atoms with E-state index in [4.69, 9.17) is 20.1 Å². The van der Waals surface area contributed by atoms with Crippen LogP contribution in [-0.2, 0) is 9.57 Å². The highest BCUT2D eigenvalue weighted by Gasteiger charge is 2.25. The van der Waals surface area contributed by atoms with Crippen LogP contribution in [0.25, 0.3) is 6.08 Å². The molecule has 0 spiro atoms. The van der Waals surface area contributed by atoms with Gasteiger partial charge >= 0.3 is 0 Å². The Balaban J connectivity index is 1.92. The Morgan fingerprint density at radius 1 is 1.30 bits per heavy atom. The lowest BCUT2D eigenvalue weighted by Gasteiger charge is -2.30. The molecule has 100 valence electrons. The lowest BCUT2D eigenvalue weighted by atomic mass is 10.0. The van der Waals surface area contributed by atoms with Gasteiger partial charge in [0.2, 0.25) is 0 Å². The quantitative estimate of drug-likeness (QED) is 0.819. The molecule has 1 aromatic carbocycles. The highest BCUT2D eigenvalue weighted by atomic mass is 16.7. The molecule has 5 nitrogen and oxygen atoms in total. The summed E-state index contributed by atoms with van der Waals surface area (Å²) in [5, 5.41) is 19.8. The first-order valence-corrected chi connectivity index (χ1v) is 6.47. The van der Waals surface area contributed by atoms with Crippen molar-refractivity contribution < 1.29 is 9.57 Å². The Kier molecular flexibility index (Phi) is 3.39. The molecule has 3 rings (SSSR count). The summed E-state index contributed by atoms with van der Waals surface area (Å²) in [4.78, 5) is 5.92. The first-order valence-electron chi connectivity index (χ1n) is 6.47. The number of hydrogen-bond donors (Lipinski definition) is 0. The van der Waals surface area contributed by atoms with Gasteiger partial charge in [0.25, 0.3) is 0 Å². The number of fused-ring (bicyclic) bond motifs is 1. The molecule has 5 heteroatoms. The Morgan fingerprint density at radius 2 is 2.20 bits per heavy atom. The number of nitriles is 2. The van der Waals surface area contributed by atoms with Crippen molar-refractivity contribution in [2.75, 3.05) is 24.8 Å². The molecule has 0 amide bonds. The Bertz CT molecular complexity index is 633. The van der Waals surface area contributed by atoms with E-state index in [9.17, 15) is 0 Å². The first-order chi connectivity index (χ1) is 9.80. The Hall–Kier alpha value is -2.34. The van der Waals surface area contributed by atoms with E-state index < -0.39 is 0 Å². The first kappa shape index (κ1) is 12.7. The van der Waals surface area contributed by atoms with Gasteiger partial charge in [-0.1, -0.05) is 0 Å². The number of nitrogens with zero attached hydrogens (tertiary/aromatic N) is 3. The maximum Gasteiger partial charge on any atom is 0.111 e. The summed E-state index contributed by atoms with van der Waals surface area (Å²) >= 11 is 0. The molecule has 2 aliphatic heterocycles. The number of rotatable bonds is 2. The SMILES string of the molecule is N#CC1=Cc2cc(C#N)ccc2N(OC2CCOC2)C1. The number of benzene rings is 1. The molecule has 20 heavy (non-hydrogen) atoms. The van der Waals surface area contributed by atoms with Crippen LogP contribution < -0.4 is 5.06 Å². The molecule has 1 aromatic rings. The minimum atomic E-state index is 0.0246.